The molecule has 0 radical (unpaired) electrons. The lowest BCUT2D eigenvalue weighted by molar-refractivity contribution is -0.658. The van der Waals surface area contributed by atoms with Gasteiger partial charge in [-0.15, -0.1) is 0 Å². The zero-order valence-electron chi connectivity index (χ0n) is 17.1. The predicted octanol–water partition coefficient (Wildman–Crippen LogP) is 4.34. The van der Waals surface area contributed by atoms with Gasteiger partial charge in [-0.25, -0.2) is 9.48 Å². The molecule has 0 saturated carbocycles. The van der Waals surface area contributed by atoms with Crippen LogP contribution in [0.2, 0.25) is 0 Å². The van der Waals surface area contributed by atoms with Crippen molar-refractivity contribution in [1.29, 1.82) is 0 Å². The fraction of sp³-hybridized carbons (Fsp3) is 0.435. The van der Waals surface area contributed by atoms with E-state index in [2.05, 4.69) is 14.2 Å². The summed E-state index contributed by atoms with van der Waals surface area (Å²) in [5.74, 6) is 1.99. The van der Waals surface area contributed by atoms with Gasteiger partial charge in [0.1, 0.15) is 17.2 Å². The third-order valence-corrected chi connectivity index (χ3v) is 5.73. The number of benzene rings is 2. The molecule has 7 heteroatoms. The number of anilines is 1. The molecule has 5 nitrogen and oxygen atoms in total. The van der Waals surface area contributed by atoms with Gasteiger partial charge < -0.3 is 14.6 Å². The molecule has 1 N–H and O–H groups in total. The summed E-state index contributed by atoms with van der Waals surface area (Å²) >= 11 is 0. The van der Waals surface area contributed by atoms with Gasteiger partial charge in [0.05, 0.1) is 13.2 Å². The number of halogens is 2. The molecule has 0 aromatic heterocycles. The maximum absolute atomic E-state index is 12.5. The Morgan fingerprint density at radius 1 is 1.03 bits per heavy atom. The van der Waals surface area contributed by atoms with Crippen LogP contribution in [0, 0.1) is 0 Å². The number of nitrogens with zero attached hydrogens (tertiary/aromatic N) is 2. The Labute approximate surface area is 175 Å². The van der Waals surface area contributed by atoms with E-state index < -0.39 is 12.3 Å². The zero-order valence-corrected chi connectivity index (χ0v) is 17.1. The van der Waals surface area contributed by atoms with E-state index in [1.807, 2.05) is 31.2 Å². The van der Waals surface area contributed by atoms with Crippen molar-refractivity contribution in [2.24, 2.45) is 0 Å². The maximum Gasteiger partial charge on any atom is 0.387 e. The molecule has 1 atom stereocenters. The fourth-order valence-electron chi connectivity index (χ4n) is 4.35. The summed E-state index contributed by atoms with van der Waals surface area (Å²) in [7, 11) is 0. The first kappa shape index (κ1) is 20.6. The van der Waals surface area contributed by atoms with Crippen molar-refractivity contribution in [3.63, 3.8) is 0 Å². The number of hydrogen-bond acceptors (Lipinski definition) is 4. The molecule has 160 valence electrons. The van der Waals surface area contributed by atoms with Crippen LogP contribution in [0.5, 0.6) is 11.5 Å². The minimum Gasteiger partial charge on any atom is -0.494 e. The average molecular weight is 417 g/mol. The molecule has 0 fully saturated rings. The summed E-state index contributed by atoms with van der Waals surface area (Å²) < 4.78 is 37.0. The normalized spacial score (nSPS) is 21.6. The molecule has 2 heterocycles. The van der Waals surface area contributed by atoms with Crippen LogP contribution in [0.15, 0.2) is 48.5 Å². The van der Waals surface area contributed by atoms with E-state index in [1.54, 1.807) is 12.1 Å². The summed E-state index contributed by atoms with van der Waals surface area (Å²) in [6.07, 6.45) is 4.04. The number of ether oxygens (including phenoxy) is 2. The Bertz CT molecular complexity index is 900. The number of rotatable bonds is 6. The van der Waals surface area contributed by atoms with E-state index in [0.29, 0.717) is 18.7 Å². The van der Waals surface area contributed by atoms with Crippen LogP contribution >= 0.6 is 0 Å². The second kappa shape index (κ2) is 8.60. The van der Waals surface area contributed by atoms with E-state index in [4.69, 9.17) is 4.74 Å². The molecule has 4 rings (SSSR count). The third-order valence-electron chi connectivity index (χ3n) is 5.73. The molecule has 2 aromatic carbocycles. The minimum atomic E-state index is -2.87. The van der Waals surface area contributed by atoms with Gasteiger partial charge in [0.2, 0.25) is 0 Å². The van der Waals surface area contributed by atoms with Gasteiger partial charge in [-0.2, -0.15) is 8.78 Å². The average Bonchev–Trinajstić information content (AvgIpc) is 2.88. The summed E-state index contributed by atoms with van der Waals surface area (Å²) in [4.78, 5) is 2.16. The molecule has 30 heavy (non-hydrogen) atoms. The van der Waals surface area contributed by atoms with Crippen molar-refractivity contribution in [1.82, 2.24) is 0 Å². The van der Waals surface area contributed by atoms with Crippen molar-refractivity contribution in [3.8, 4) is 11.5 Å². The summed E-state index contributed by atoms with van der Waals surface area (Å²) in [6, 6.07) is 14.2. The zero-order chi connectivity index (χ0) is 21.1. The number of alkyl halides is 2. The highest BCUT2D eigenvalue weighted by Gasteiger charge is 2.51. The van der Waals surface area contributed by atoms with E-state index >= 15 is 0 Å². The van der Waals surface area contributed by atoms with Crippen molar-refractivity contribution in [2.75, 3.05) is 24.6 Å². The molecule has 2 aromatic rings. The number of amidine groups is 1. The first-order chi connectivity index (χ1) is 14.5. The first-order valence-corrected chi connectivity index (χ1v) is 10.4. The molecule has 0 amide bonds. The second-order valence-electron chi connectivity index (χ2n) is 7.61. The van der Waals surface area contributed by atoms with Gasteiger partial charge in [-0.05, 0) is 74.7 Å². The van der Waals surface area contributed by atoms with Crippen LogP contribution in [0.1, 0.15) is 38.2 Å². The highest BCUT2D eigenvalue weighted by Crippen LogP contribution is 2.36. The quantitative estimate of drug-likeness (QED) is 0.711. The lowest BCUT2D eigenvalue weighted by atomic mass is 10.0. The Hall–Kier alpha value is -2.67. The molecule has 0 spiro atoms. The molecule has 0 bridgehead atoms. The Morgan fingerprint density at radius 2 is 1.73 bits per heavy atom. The smallest absolute Gasteiger partial charge is 0.387 e. The van der Waals surface area contributed by atoms with E-state index in [0.717, 1.165) is 49.5 Å². The van der Waals surface area contributed by atoms with Crippen LogP contribution in [0.3, 0.4) is 0 Å². The fourth-order valence-corrected chi connectivity index (χ4v) is 4.35. The minimum absolute atomic E-state index is 0.0822. The molecular formula is C23H27F2N2O3+. The van der Waals surface area contributed by atoms with Crippen LogP contribution < -0.4 is 14.4 Å². The van der Waals surface area contributed by atoms with Crippen LogP contribution in [-0.4, -0.2) is 41.8 Å². The van der Waals surface area contributed by atoms with Gasteiger partial charge in [-0.1, -0.05) is 0 Å². The lowest BCUT2D eigenvalue weighted by Crippen LogP contribution is -2.41. The van der Waals surface area contributed by atoms with Crippen LogP contribution in [0.25, 0.3) is 0 Å². The topological polar surface area (TPSA) is 44.9 Å². The highest BCUT2D eigenvalue weighted by molar-refractivity contribution is 5.96. The van der Waals surface area contributed by atoms with Gasteiger partial charge in [-0.3, -0.25) is 0 Å². The lowest BCUT2D eigenvalue weighted by Gasteiger charge is -2.23. The molecule has 2 aliphatic rings. The Morgan fingerprint density at radius 3 is 2.40 bits per heavy atom. The van der Waals surface area contributed by atoms with Gasteiger partial charge in [0, 0.05) is 12.0 Å². The van der Waals surface area contributed by atoms with Crippen LogP contribution in [-0.2, 0) is 5.72 Å². The van der Waals surface area contributed by atoms with Crippen molar-refractivity contribution >= 4 is 11.5 Å². The molecule has 2 aliphatic heterocycles. The van der Waals surface area contributed by atoms with E-state index in [1.165, 1.54) is 12.1 Å². The molecule has 0 unspecified atom stereocenters. The highest BCUT2D eigenvalue weighted by atomic mass is 19.3. The Balaban J connectivity index is 1.67. The monoisotopic (exact) mass is 417 g/mol. The number of aliphatic hydroxyl groups is 1. The van der Waals surface area contributed by atoms with Gasteiger partial charge in [0.25, 0.3) is 11.6 Å². The van der Waals surface area contributed by atoms with Crippen LogP contribution in [0.4, 0.5) is 14.5 Å². The van der Waals surface area contributed by atoms with Gasteiger partial charge in [0.15, 0.2) is 6.54 Å². The maximum atomic E-state index is 12.5. The van der Waals surface area contributed by atoms with Gasteiger partial charge >= 0.3 is 6.61 Å². The summed E-state index contributed by atoms with van der Waals surface area (Å²) in [5.41, 5.74) is 0.424. The van der Waals surface area contributed by atoms with E-state index in [9.17, 15) is 13.9 Å². The number of hydrogen-bond donors (Lipinski definition) is 1. The predicted molar refractivity (Wildman–Crippen MR) is 111 cm³/mol. The van der Waals surface area contributed by atoms with Crippen molar-refractivity contribution in [2.45, 2.75) is 44.9 Å². The summed E-state index contributed by atoms with van der Waals surface area (Å²) in [5, 5.41) is 11.8. The molecule has 0 aliphatic carbocycles. The standard InChI is InChI=1S/C23H27F2N2O3/c1-2-29-19-13-9-18(10-14-19)26-16-23(28,27-15-5-3-4-6-21(26)27)17-7-11-20(12-8-17)30-22(24)25/h7-14,22,28H,2-6,15-16H2,1H3/q+1/t23-/m1/s1. The first-order valence-electron chi connectivity index (χ1n) is 10.4. The largest absolute Gasteiger partial charge is 0.494 e. The third kappa shape index (κ3) is 3.99. The van der Waals surface area contributed by atoms with Crippen molar-refractivity contribution in [3.05, 3.63) is 54.1 Å². The van der Waals surface area contributed by atoms with Crippen molar-refractivity contribution < 1.29 is 27.9 Å². The second-order valence-corrected chi connectivity index (χ2v) is 7.61. The SMILES string of the molecule is CCOc1ccc(N2C[C@@](O)(c3ccc(OC(F)F)cc3)[N+]3=C2CCCCC3)cc1. The Kier molecular flexibility index (Phi) is 5.90. The molecule has 0 saturated heterocycles. The van der Waals surface area contributed by atoms with E-state index in [-0.39, 0.29) is 5.75 Å². The molecular weight excluding hydrogens is 390 g/mol. The summed E-state index contributed by atoms with van der Waals surface area (Å²) in [6.45, 7) is 0.802. The number of β-amino-alcohol motifs (C(OH)–C–C–N with tert-alkyl or cyclic N) is 1.